The number of halogens is 5. The number of carbonyl (C=O) groups excluding carboxylic acids is 2. The highest BCUT2D eigenvalue weighted by Gasteiger charge is 2.39. The largest absolute Gasteiger partial charge is 0.454 e. The van der Waals surface area contributed by atoms with E-state index >= 15 is 0 Å². The van der Waals surface area contributed by atoms with Gasteiger partial charge in [0.05, 0.1) is 11.3 Å². The molecule has 0 bridgehead atoms. The first-order chi connectivity index (χ1) is 12.6. The summed E-state index contributed by atoms with van der Waals surface area (Å²) in [6, 6.07) is 0.875. The van der Waals surface area contributed by atoms with Gasteiger partial charge in [0.15, 0.2) is 6.61 Å². The third-order valence-electron chi connectivity index (χ3n) is 3.62. The SMILES string of the molecule is Cc1[nH]nc(CCN)c1C(=O)OCC(=O)c1ccc(F)c(C(F)(F)F)c1F. The Bertz CT molecular complexity index is 877. The number of Topliss-reactive ketones (excluding diaryl/α,β-unsaturated/α-hetero) is 1. The van der Waals surface area contributed by atoms with E-state index in [1.807, 2.05) is 0 Å². The van der Waals surface area contributed by atoms with Gasteiger partial charge in [0.2, 0.25) is 5.78 Å². The van der Waals surface area contributed by atoms with Crippen molar-refractivity contribution in [2.45, 2.75) is 19.5 Å². The highest BCUT2D eigenvalue weighted by Crippen LogP contribution is 2.34. The summed E-state index contributed by atoms with van der Waals surface area (Å²) in [5, 5.41) is 6.40. The molecular formula is C16H14F5N3O3. The van der Waals surface area contributed by atoms with Crippen molar-refractivity contribution >= 4 is 11.8 Å². The average molecular weight is 391 g/mol. The van der Waals surface area contributed by atoms with Gasteiger partial charge in [-0.25, -0.2) is 13.6 Å². The monoisotopic (exact) mass is 391 g/mol. The number of aromatic nitrogens is 2. The predicted octanol–water partition coefficient (Wildman–Crippen LogP) is 2.56. The lowest BCUT2D eigenvalue weighted by molar-refractivity contribution is -0.142. The summed E-state index contributed by atoms with van der Waals surface area (Å²) >= 11 is 0. The van der Waals surface area contributed by atoms with Crippen molar-refractivity contribution < 1.29 is 36.3 Å². The summed E-state index contributed by atoms with van der Waals surface area (Å²) in [4.78, 5) is 24.1. The second kappa shape index (κ2) is 7.82. The Kier molecular flexibility index (Phi) is 5.94. The molecule has 3 N–H and O–H groups in total. The van der Waals surface area contributed by atoms with Crippen LogP contribution in [0.3, 0.4) is 0 Å². The van der Waals surface area contributed by atoms with Crippen LogP contribution in [0, 0.1) is 18.6 Å². The van der Waals surface area contributed by atoms with E-state index in [1.54, 1.807) is 0 Å². The van der Waals surface area contributed by atoms with Gasteiger partial charge in [-0.1, -0.05) is 0 Å². The molecule has 0 aliphatic heterocycles. The van der Waals surface area contributed by atoms with Crippen LogP contribution in [0.2, 0.25) is 0 Å². The molecule has 146 valence electrons. The lowest BCUT2D eigenvalue weighted by Gasteiger charge is -2.12. The summed E-state index contributed by atoms with van der Waals surface area (Å²) in [5.41, 5.74) is 2.83. The van der Waals surface area contributed by atoms with Crippen LogP contribution in [0.25, 0.3) is 0 Å². The minimum atomic E-state index is -5.33. The summed E-state index contributed by atoms with van der Waals surface area (Å²) in [5.74, 6) is -6.15. The molecule has 2 aromatic rings. The summed E-state index contributed by atoms with van der Waals surface area (Å²) in [6.07, 6.45) is -5.09. The molecule has 6 nitrogen and oxygen atoms in total. The van der Waals surface area contributed by atoms with Gasteiger partial charge in [0.1, 0.15) is 22.8 Å². The molecule has 0 aliphatic carbocycles. The highest BCUT2D eigenvalue weighted by atomic mass is 19.4. The molecule has 0 unspecified atom stereocenters. The molecule has 0 radical (unpaired) electrons. The van der Waals surface area contributed by atoms with Gasteiger partial charge in [-0.05, 0) is 25.6 Å². The molecular weight excluding hydrogens is 377 g/mol. The number of carbonyl (C=O) groups is 2. The smallest absolute Gasteiger partial charge is 0.422 e. The number of esters is 1. The number of aryl methyl sites for hydroxylation is 1. The van der Waals surface area contributed by atoms with Crippen LogP contribution in [0.5, 0.6) is 0 Å². The Labute approximate surface area is 149 Å². The van der Waals surface area contributed by atoms with E-state index in [9.17, 15) is 31.5 Å². The van der Waals surface area contributed by atoms with E-state index in [2.05, 4.69) is 10.2 Å². The number of benzene rings is 1. The normalized spacial score (nSPS) is 11.5. The molecule has 0 atom stereocenters. The number of nitrogens with one attached hydrogen (secondary N) is 1. The summed E-state index contributed by atoms with van der Waals surface area (Å²) in [6.45, 7) is 0.663. The van der Waals surface area contributed by atoms with Gasteiger partial charge in [0, 0.05) is 12.1 Å². The van der Waals surface area contributed by atoms with Gasteiger partial charge in [-0.15, -0.1) is 0 Å². The number of rotatable bonds is 6. The first-order valence-corrected chi connectivity index (χ1v) is 7.57. The zero-order valence-electron chi connectivity index (χ0n) is 13.9. The zero-order valence-corrected chi connectivity index (χ0v) is 13.9. The van der Waals surface area contributed by atoms with Crippen molar-refractivity contribution in [3.8, 4) is 0 Å². The van der Waals surface area contributed by atoms with Crippen molar-refractivity contribution in [1.82, 2.24) is 10.2 Å². The molecule has 1 aromatic carbocycles. The first kappa shape index (κ1) is 20.5. The molecule has 0 saturated heterocycles. The average Bonchev–Trinajstić information content (AvgIpc) is 2.92. The van der Waals surface area contributed by atoms with E-state index in [-0.39, 0.29) is 18.5 Å². The van der Waals surface area contributed by atoms with Crippen LogP contribution < -0.4 is 5.73 Å². The fraction of sp³-hybridized carbons (Fsp3) is 0.312. The quantitative estimate of drug-likeness (QED) is 0.448. The number of H-pyrrole nitrogens is 1. The van der Waals surface area contributed by atoms with Crippen LogP contribution in [-0.2, 0) is 17.3 Å². The maximum absolute atomic E-state index is 14.0. The number of hydrogen-bond acceptors (Lipinski definition) is 5. The maximum Gasteiger partial charge on any atom is 0.422 e. The molecule has 1 heterocycles. The second-order valence-electron chi connectivity index (χ2n) is 5.49. The molecule has 11 heteroatoms. The Hall–Kier alpha value is -2.82. The fourth-order valence-corrected chi connectivity index (χ4v) is 2.38. The molecule has 0 spiro atoms. The van der Waals surface area contributed by atoms with Crippen molar-refractivity contribution in [1.29, 1.82) is 0 Å². The fourth-order valence-electron chi connectivity index (χ4n) is 2.38. The summed E-state index contributed by atoms with van der Waals surface area (Å²) in [7, 11) is 0. The number of nitrogens with two attached hydrogens (primary N) is 1. The van der Waals surface area contributed by atoms with Crippen molar-refractivity contribution in [2.24, 2.45) is 5.73 Å². The van der Waals surface area contributed by atoms with Gasteiger partial charge in [0.25, 0.3) is 0 Å². The van der Waals surface area contributed by atoms with E-state index in [4.69, 9.17) is 10.5 Å². The first-order valence-electron chi connectivity index (χ1n) is 7.57. The zero-order chi connectivity index (χ0) is 20.4. The summed E-state index contributed by atoms with van der Waals surface area (Å²) < 4.78 is 70.1. The third kappa shape index (κ3) is 4.30. The van der Waals surface area contributed by atoms with Crippen LogP contribution in [-0.4, -0.2) is 35.1 Å². The van der Waals surface area contributed by atoms with Gasteiger partial charge in [-0.3, -0.25) is 9.89 Å². The molecule has 0 aliphatic rings. The lowest BCUT2D eigenvalue weighted by Crippen LogP contribution is -2.20. The number of ether oxygens (including phenoxy) is 1. The Morgan fingerprint density at radius 3 is 2.52 bits per heavy atom. The second-order valence-corrected chi connectivity index (χ2v) is 5.49. The Morgan fingerprint density at radius 1 is 1.26 bits per heavy atom. The predicted molar refractivity (Wildman–Crippen MR) is 82.1 cm³/mol. The Morgan fingerprint density at radius 2 is 1.93 bits per heavy atom. The minimum Gasteiger partial charge on any atom is -0.454 e. The van der Waals surface area contributed by atoms with Crippen molar-refractivity contribution in [3.63, 3.8) is 0 Å². The topological polar surface area (TPSA) is 98.1 Å². The Balaban J connectivity index is 2.20. The lowest BCUT2D eigenvalue weighted by atomic mass is 10.1. The van der Waals surface area contributed by atoms with Crippen molar-refractivity contribution in [2.75, 3.05) is 13.2 Å². The van der Waals surface area contributed by atoms with Crippen LogP contribution >= 0.6 is 0 Å². The molecule has 0 saturated carbocycles. The van der Waals surface area contributed by atoms with E-state index in [0.717, 1.165) is 0 Å². The maximum atomic E-state index is 14.0. The van der Waals surface area contributed by atoms with E-state index in [0.29, 0.717) is 23.5 Å². The third-order valence-corrected chi connectivity index (χ3v) is 3.62. The van der Waals surface area contributed by atoms with Crippen LogP contribution in [0.1, 0.15) is 37.7 Å². The number of hydrogen-bond donors (Lipinski definition) is 2. The number of nitrogens with zero attached hydrogens (tertiary/aromatic N) is 1. The number of ketones is 1. The van der Waals surface area contributed by atoms with Crippen LogP contribution in [0.15, 0.2) is 12.1 Å². The molecule has 2 rings (SSSR count). The number of aromatic amines is 1. The van der Waals surface area contributed by atoms with Gasteiger partial charge in [-0.2, -0.15) is 18.3 Å². The van der Waals surface area contributed by atoms with Gasteiger partial charge >= 0.3 is 12.1 Å². The molecule has 0 amide bonds. The highest BCUT2D eigenvalue weighted by molar-refractivity contribution is 6.00. The standard InChI is InChI=1S/C16H14F5N3O3/c1-7-12(10(4-5-22)24-23-7)15(26)27-6-11(25)8-2-3-9(17)13(14(8)18)16(19,20)21/h2-3H,4-6,22H2,1H3,(H,23,24). The van der Waals surface area contributed by atoms with Crippen molar-refractivity contribution in [3.05, 3.63) is 51.8 Å². The van der Waals surface area contributed by atoms with E-state index < -0.39 is 47.3 Å². The molecule has 27 heavy (non-hydrogen) atoms. The molecule has 0 fully saturated rings. The van der Waals surface area contributed by atoms with Gasteiger partial charge < -0.3 is 10.5 Å². The van der Waals surface area contributed by atoms with Crippen LogP contribution in [0.4, 0.5) is 22.0 Å². The minimum absolute atomic E-state index is 0.0313. The molecule has 1 aromatic heterocycles. The van der Waals surface area contributed by atoms with E-state index in [1.165, 1.54) is 6.92 Å². The number of alkyl halides is 3.